The molecule has 1 aromatic carbocycles. The minimum atomic E-state index is -0.652. The van der Waals surface area contributed by atoms with Crippen LogP contribution in [0.25, 0.3) is 17.0 Å². The van der Waals surface area contributed by atoms with Crippen LogP contribution in [0.15, 0.2) is 52.7 Å². The Morgan fingerprint density at radius 3 is 2.67 bits per heavy atom. The number of furan rings is 1. The van der Waals surface area contributed by atoms with Crippen LogP contribution >= 0.6 is 0 Å². The van der Waals surface area contributed by atoms with Gasteiger partial charge in [0.15, 0.2) is 0 Å². The van der Waals surface area contributed by atoms with Crippen LogP contribution in [0, 0.1) is 0 Å². The molecule has 0 saturated carbocycles. The summed E-state index contributed by atoms with van der Waals surface area (Å²) in [6, 6.07) is 9.56. The van der Waals surface area contributed by atoms with Crippen LogP contribution < -0.4 is 5.32 Å². The van der Waals surface area contributed by atoms with Gasteiger partial charge < -0.3 is 14.5 Å². The maximum atomic E-state index is 12.8. The highest BCUT2D eigenvalue weighted by atomic mass is 16.5. The summed E-state index contributed by atoms with van der Waals surface area (Å²) in [5, 5.41) is 3.31. The van der Waals surface area contributed by atoms with Crippen LogP contribution in [-0.2, 0) is 16.1 Å². The van der Waals surface area contributed by atoms with Crippen LogP contribution in [0.4, 0.5) is 4.79 Å². The van der Waals surface area contributed by atoms with E-state index in [0.717, 1.165) is 10.3 Å². The maximum Gasteiger partial charge on any atom is 0.373 e. The number of nitrogens with one attached hydrogen (secondary N) is 1. The summed E-state index contributed by atoms with van der Waals surface area (Å²) >= 11 is 0. The Labute approximate surface area is 170 Å². The van der Waals surface area contributed by atoms with Crippen molar-refractivity contribution in [3.8, 4) is 0 Å². The predicted molar refractivity (Wildman–Crippen MR) is 105 cm³/mol. The predicted octanol–water partition coefficient (Wildman–Crippen LogP) is 2.77. The topological polar surface area (TPSA) is 111 Å². The first-order valence-corrected chi connectivity index (χ1v) is 9.01. The third-order valence-corrected chi connectivity index (χ3v) is 4.71. The number of para-hydroxylation sites is 1. The van der Waals surface area contributed by atoms with Crippen molar-refractivity contribution in [3.05, 3.63) is 65.4 Å². The third kappa shape index (κ3) is 3.26. The molecular formula is C21H17N3O6. The summed E-state index contributed by atoms with van der Waals surface area (Å²) in [5.41, 5.74) is 1.40. The van der Waals surface area contributed by atoms with Gasteiger partial charge in [-0.25, -0.2) is 9.59 Å². The summed E-state index contributed by atoms with van der Waals surface area (Å²) in [6.07, 6.45) is 3.15. The number of aromatic nitrogens is 1. The van der Waals surface area contributed by atoms with Crippen LogP contribution in [0.3, 0.4) is 0 Å². The molecule has 1 fully saturated rings. The SMILES string of the molecule is COC(=O)c1ccc(CN2C(=O)N/C(=C\c3cn(C(C)=O)c4ccccc34)C2=O)o1. The van der Waals surface area contributed by atoms with E-state index in [0.29, 0.717) is 11.1 Å². The molecule has 0 radical (unpaired) electrons. The average molecular weight is 407 g/mol. The molecule has 9 nitrogen and oxygen atoms in total. The van der Waals surface area contributed by atoms with Crippen molar-refractivity contribution < 1.29 is 28.3 Å². The Balaban J connectivity index is 1.62. The number of hydrogen-bond donors (Lipinski definition) is 1. The van der Waals surface area contributed by atoms with Gasteiger partial charge in [-0.2, -0.15) is 0 Å². The first-order chi connectivity index (χ1) is 14.4. The quantitative estimate of drug-likeness (QED) is 0.404. The van der Waals surface area contributed by atoms with E-state index in [4.69, 9.17) is 4.42 Å². The smallest absolute Gasteiger partial charge is 0.373 e. The molecule has 152 valence electrons. The lowest BCUT2D eigenvalue weighted by Gasteiger charge is -2.09. The average Bonchev–Trinajstić information content (AvgIpc) is 3.41. The molecule has 0 atom stereocenters. The number of hydrogen-bond acceptors (Lipinski definition) is 6. The molecule has 0 bridgehead atoms. The highest BCUT2D eigenvalue weighted by Gasteiger charge is 2.34. The van der Waals surface area contributed by atoms with Gasteiger partial charge >= 0.3 is 12.0 Å². The lowest BCUT2D eigenvalue weighted by atomic mass is 10.1. The van der Waals surface area contributed by atoms with E-state index in [-0.39, 0.29) is 29.7 Å². The number of amides is 3. The van der Waals surface area contributed by atoms with E-state index in [9.17, 15) is 19.2 Å². The number of urea groups is 1. The second kappa shape index (κ2) is 7.36. The Morgan fingerprint density at radius 2 is 1.93 bits per heavy atom. The van der Waals surface area contributed by atoms with E-state index >= 15 is 0 Å². The summed E-state index contributed by atoms with van der Waals surface area (Å²) < 4.78 is 11.4. The normalized spacial score (nSPS) is 15.1. The number of nitrogens with zero attached hydrogens (tertiary/aromatic N) is 2. The first-order valence-electron chi connectivity index (χ1n) is 9.01. The Morgan fingerprint density at radius 1 is 1.17 bits per heavy atom. The van der Waals surface area contributed by atoms with Gasteiger partial charge in [-0.05, 0) is 24.3 Å². The Kier molecular flexibility index (Phi) is 4.71. The fourth-order valence-corrected chi connectivity index (χ4v) is 3.28. The number of esters is 1. The highest BCUT2D eigenvalue weighted by molar-refractivity contribution is 6.14. The van der Waals surface area contributed by atoms with E-state index in [2.05, 4.69) is 10.1 Å². The molecule has 1 saturated heterocycles. The summed E-state index contributed by atoms with van der Waals surface area (Å²) in [5.74, 6) is -1.13. The molecule has 1 aliphatic rings. The Bertz CT molecular complexity index is 1230. The largest absolute Gasteiger partial charge is 0.463 e. The molecule has 2 aromatic heterocycles. The monoisotopic (exact) mass is 407 g/mol. The molecule has 0 spiro atoms. The van der Waals surface area contributed by atoms with Gasteiger partial charge in [-0.1, -0.05) is 18.2 Å². The molecular weight excluding hydrogens is 390 g/mol. The molecule has 3 amide bonds. The zero-order chi connectivity index (χ0) is 21.4. The Hall–Kier alpha value is -4.14. The van der Waals surface area contributed by atoms with Crippen LogP contribution in [0.1, 0.15) is 33.6 Å². The van der Waals surface area contributed by atoms with Crippen molar-refractivity contribution >= 4 is 40.8 Å². The molecule has 0 unspecified atom stereocenters. The van der Waals surface area contributed by atoms with Crippen LogP contribution in [-0.4, -0.2) is 40.4 Å². The van der Waals surface area contributed by atoms with E-state index in [1.54, 1.807) is 12.3 Å². The molecule has 9 heteroatoms. The second-order valence-corrected chi connectivity index (χ2v) is 6.63. The van der Waals surface area contributed by atoms with Crippen molar-refractivity contribution in [2.45, 2.75) is 13.5 Å². The van der Waals surface area contributed by atoms with Gasteiger partial charge in [0.2, 0.25) is 11.7 Å². The lowest BCUT2D eigenvalue weighted by Crippen LogP contribution is -2.30. The molecule has 0 aliphatic carbocycles. The molecule has 1 aliphatic heterocycles. The lowest BCUT2D eigenvalue weighted by molar-refractivity contribution is -0.123. The van der Waals surface area contributed by atoms with Crippen molar-refractivity contribution in [1.29, 1.82) is 0 Å². The number of fused-ring (bicyclic) bond motifs is 1. The molecule has 3 aromatic rings. The second-order valence-electron chi connectivity index (χ2n) is 6.63. The molecule has 1 N–H and O–H groups in total. The standard InChI is InChI=1S/C21H17N3O6/c1-12(25)23-10-13(15-5-3-4-6-17(15)23)9-16-19(26)24(21(28)22-16)11-14-7-8-18(30-14)20(27)29-2/h3-10H,11H2,1-2H3,(H,22,28)/b16-9-. The fraction of sp³-hybridized carbons (Fsp3) is 0.143. The number of ether oxygens (including phenoxy) is 1. The fourth-order valence-electron chi connectivity index (χ4n) is 3.28. The van der Waals surface area contributed by atoms with Crippen LogP contribution in [0.5, 0.6) is 0 Å². The van der Waals surface area contributed by atoms with E-state index < -0.39 is 17.9 Å². The molecule has 3 heterocycles. The van der Waals surface area contributed by atoms with Gasteiger partial charge in [0.1, 0.15) is 11.5 Å². The maximum absolute atomic E-state index is 12.8. The van der Waals surface area contributed by atoms with Crippen molar-refractivity contribution in [2.24, 2.45) is 0 Å². The number of imide groups is 1. The van der Waals surface area contributed by atoms with Gasteiger partial charge in [0, 0.05) is 24.1 Å². The summed E-state index contributed by atoms with van der Waals surface area (Å²) in [4.78, 5) is 49.5. The third-order valence-electron chi connectivity index (χ3n) is 4.71. The zero-order valence-corrected chi connectivity index (χ0v) is 16.2. The van der Waals surface area contributed by atoms with Crippen molar-refractivity contribution in [1.82, 2.24) is 14.8 Å². The van der Waals surface area contributed by atoms with E-state index in [1.165, 1.54) is 36.8 Å². The van der Waals surface area contributed by atoms with E-state index in [1.807, 2.05) is 18.2 Å². The van der Waals surface area contributed by atoms with Crippen LogP contribution in [0.2, 0.25) is 0 Å². The number of carbonyl (C=O) groups is 4. The minimum Gasteiger partial charge on any atom is -0.463 e. The van der Waals surface area contributed by atoms with Gasteiger partial charge in [-0.3, -0.25) is 19.1 Å². The highest BCUT2D eigenvalue weighted by Crippen LogP contribution is 2.25. The van der Waals surface area contributed by atoms with Gasteiger partial charge in [0.05, 0.1) is 19.2 Å². The minimum absolute atomic E-state index is 0.0210. The van der Waals surface area contributed by atoms with Gasteiger partial charge in [0.25, 0.3) is 5.91 Å². The van der Waals surface area contributed by atoms with Crippen molar-refractivity contribution in [2.75, 3.05) is 7.11 Å². The number of benzene rings is 1. The first kappa shape index (κ1) is 19.2. The molecule has 30 heavy (non-hydrogen) atoms. The number of carbonyl (C=O) groups excluding carboxylic acids is 4. The van der Waals surface area contributed by atoms with Gasteiger partial charge in [-0.15, -0.1) is 0 Å². The summed E-state index contributed by atoms with van der Waals surface area (Å²) in [6.45, 7) is 1.30. The van der Waals surface area contributed by atoms with Crippen molar-refractivity contribution in [3.63, 3.8) is 0 Å². The summed E-state index contributed by atoms with van der Waals surface area (Å²) in [7, 11) is 1.22. The molecule has 4 rings (SSSR count). The number of methoxy groups -OCH3 is 1. The number of rotatable bonds is 4. The zero-order valence-electron chi connectivity index (χ0n) is 16.2.